The van der Waals surface area contributed by atoms with E-state index in [2.05, 4.69) is 20.7 Å². The van der Waals surface area contributed by atoms with Crippen molar-refractivity contribution >= 4 is 0 Å². The Morgan fingerprint density at radius 1 is 1.40 bits per heavy atom. The highest BCUT2D eigenvalue weighted by molar-refractivity contribution is 5.22. The van der Waals surface area contributed by atoms with E-state index in [0.29, 0.717) is 6.54 Å². The minimum absolute atomic E-state index is 0.709. The number of rotatable bonds is 4. The maximum atomic E-state index is 4.74. The highest BCUT2D eigenvalue weighted by Crippen LogP contribution is 2.08. The molecule has 0 bridgehead atoms. The summed E-state index contributed by atoms with van der Waals surface area (Å²) in [6.07, 6.45) is 1.57. The predicted molar refractivity (Wildman–Crippen MR) is 55.1 cm³/mol. The van der Waals surface area contributed by atoms with Gasteiger partial charge >= 0.3 is 0 Å². The van der Waals surface area contributed by atoms with Crippen LogP contribution in [0.1, 0.15) is 22.6 Å². The largest absolute Gasteiger partial charge is 0.364 e. The highest BCUT2D eigenvalue weighted by atomic mass is 16.5. The van der Waals surface area contributed by atoms with E-state index in [1.165, 1.54) is 5.56 Å². The Bertz CT molecular complexity index is 399. The van der Waals surface area contributed by atoms with Gasteiger partial charge < -0.3 is 9.84 Å². The standard InChI is InChI=1S/C10H14N4O/c1-7-10(8(2)13-12-7)6-11-5-9-3-4-15-14-9/h3-4,11H,5-6H2,1-2H3,(H,12,13). The number of hydrogen-bond donors (Lipinski definition) is 2. The lowest BCUT2D eigenvalue weighted by Gasteiger charge is -2.02. The molecule has 2 heterocycles. The maximum absolute atomic E-state index is 4.74. The van der Waals surface area contributed by atoms with E-state index in [-0.39, 0.29) is 0 Å². The molecule has 0 fully saturated rings. The zero-order valence-corrected chi connectivity index (χ0v) is 8.87. The number of nitrogens with zero attached hydrogens (tertiary/aromatic N) is 2. The van der Waals surface area contributed by atoms with Crippen LogP contribution >= 0.6 is 0 Å². The minimum atomic E-state index is 0.709. The van der Waals surface area contributed by atoms with Gasteiger partial charge in [0.1, 0.15) is 6.26 Å². The second-order valence-electron chi connectivity index (χ2n) is 3.51. The van der Waals surface area contributed by atoms with Gasteiger partial charge in [0.2, 0.25) is 0 Å². The summed E-state index contributed by atoms with van der Waals surface area (Å²) in [6.45, 7) is 5.52. The van der Waals surface area contributed by atoms with Crippen LogP contribution in [0, 0.1) is 13.8 Å². The lowest BCUT2D eigenvalue weighted by Crippen LogP contribution is -2.13. The molecule has 0 spiro atoms. The fraction of sp³-hybridized carbons (Fsp3) is 0.400. The van der Waals surface area contributed by atoms with Gasteiger partial charge in [-0.15, -0.1) is 0 Å². The van der Waals surface area contributed by atoms with Gasteiger partial charge in [0.15, 0.2) is 0 Å². The van der Waals surface area contributed by atoms with E-state index in [1.54, 1.807) is 6.26 Å². The maximum Gasteiger partial charge on any atom is 0.124 e. The van der Waals surface area contributed by atoms with Gasteiger partial charge in [-0.2, -0.15) is 5.10 Å². The predicted octanol–water partition coefficient (Wildman–Crippen LogP) is 1.30. The first-order valence-electron chi connectivity index (χ1n) is 4.88. The molecule has 0 saturated carbocycles. The monoisotopic (exact) mass is 206 g/mol. The van der Waals surface area contributed by atoms with Crippen LogP contribution in [-0.2, 0) is 13.1 Å². The lowest BCUT2D eigenvalue weighted by atomic mass is 10.2. The van der Waals surface area contributed by atoms with Gasteiger partial charge in [0, 0.05) is 30.4 Å². The number of H-pyrrole nitrogens is 1. The minimum Gasteiger partial charge on any atom is -0.364 e. The number of hydrogen-bond acceptors (Lipinski definition) is 4. The highest BCUT2D eigenvalue weighted by Gasteiger charge is 2.05. The van der Waals surface area contributed by atoms with Crippen molar-refractivity contribution < 1.29 is 4.52 Å². The van der Waals surface area contributed by atoms with Gasteiger partial charge in [-0.1, -0.05) is 5.16 Å². The molecule has 0 atom stereocenters. The van der Waals surface area contributed by atoms with E-state index in [1.807, 2.05) is 19.9 Å². The summed E-state index contributed by atoms with van der Waals surface area (Å²) in [5.74, 6) is 0. The molecular weight excluding hydrogens is 192 g/mol. The van der Waals surface area contributed by atoms with E-state index in [0.717, 1.165) is 23.6 Å². The fourth-order valence-electron chi connectivity index (χ4n) is 1.48. The molecule has 0 aliphatic heterocycles. The Morgan fingerprint density at radius 3 is 2.87 bits per heavy atom. The molecule has 15 heavy (non-hydrogen) atoms. The lowest BCUT2D eigenvalue weighted by molar-refractivity contribution is 0.408. The molecule has 2 aromatic heterocycles. The van der Waals surface area contributed by atoms with Crippen LogP contribution in [-0.4, -0.2) is 15.4 Å². The first-order chi connectivity index (χ1) is 7.27. The van der Waals surface area contributed by atoms with Crippen molar-refractivity contribution in [1.29, 1.82) is 0 Å². The Morgan fingerprint density at radius 2 is 2.27 bits per heavy atom. The van der Waals surface area contributed by atoms with Gasteiger partial charge in [-0.25, -0.2) is 0 Å². The van der Waals surface area contributed by atoms with E-state index in [9.17, 15) is 0 Å². The third-order valence-corrected chi connectivity index (χ3v) is 2.38. The molecule has 5 nitrogen and oxygen atoms in total. The van der Waals surface area contributed by atoms with E-state index >= 15 is 0 Å². The number of aromatic nitrogens is 3. The van der Waals surface area contributed by atoms with Crippen molar-refractivity contribution in [3.63, 3.8) is 0 Å². The summed E-state index contributed by atoms with van der Waals surface area (Å²) < 4.78 is 4.74. The third-order valence-electron chi connectivity index (χ3n) is 2.38. The van der Waals surface area contributed by atoms with Crippen molar-refractivity contribution in [1.82, 2.24) is 20.7 Å². The van der Waals surface area contributed by atoms with E-state index in [4.69, 9.17) is 4.52 Å². The molecule has 0 radical (unpaired) electrons. The van der Waals surface area contributed by atoms with Crippen LogP contribution in [0.5, 0.6) is 0 Å². The number of aromatic amines is 1. The topological polar surface area (TPSA) is 66.7 Å². The molecule has 5 heteroatoms. The van der Waals surface area contributed by atoms with Crippen LogP contribution in [0.25, 0.3) is 0 Å². The van der Waals surface area contributed by atoms with Gasteiger partial charge in [-0.05, 0) is 13.8 Å². The molecule has 0 saturated heterocycles. The molecular formula is C10H14N4O. The van der Waals surface area contributed by atoms with Crippen LogP contribution in [0.15, 0.2) is 16.9 Å². The summed E-state index contributed by atoms with van der Waals surface area (Å²) in [7, 11) is 0. The second kappa shape index (κ2) is 4.27. The smallest absolute Gasteiger partial charge is 0.124 e. The van der Waals surface area contributed by atoms with Crippen LogP contribution in [0.2, 0.25) is 0 Å². The summed E-state index contributed by atoms with van der Waals surface area (Å²) in [5.41, 5.74) is 4.28. The molecule has 2 aromatic rings. The third kappa shape index (κ3) is 2.24. The summed E-state index contributed by atoms with van der Waals surface area (Å²) >= 11 is 0. The van der Waals surface area contributed by atoms with E-state index < -0.39 is 0 Å². The number of aryl methyl sites for hydroxylation is 2. The van der Waals surface area contributed by atoms with Crippen molar-refractivity contribution in [2.45, 2.75) is 26.9 Å². The number of nitrogens with one attached hydrogen (secondary N) is 2. The van der Waals surface area contributed by atoms with Gasteiger partial charge in [-0.3, -0.25) is 5.10 Å². The quantitative estimate of drug-likeness (QED) is 0.791. The molecule has 0 aromatic carbocycles. The molecule has 2 N–H and O–H groups in total. The molecule has 2 rings (SSSR count). The molecule has 0 unspecified atom stereocenters. The zero-order valence-electron chi connectivity index (χ0n) is 8.87. The summed E-state index contributed by atoms with van der Waals surface area (Å²) in [6, 6.07) is 1.85. The van der Waals surface area contributed by atoms with Crippen LogP contribution in [0.3, 0.4) is 0 Å². The summed E-state index contributed by atoms with van der Waals surface area (Å²) in [4.78, 5) is 0. The van der Waals surface area contributed by atoms with Crippen LogP contribution in [0.4, 0.5) is 0 Å². The Hall–Kier alpha value is -1.62. The van der Waals surface area contributed by atoms with Crippen molar-refractivity contribution in [3.05, 3.63) is 35.0 Å². The van der Waals surface area contributed by atoms with Crippen molar-refractivity contribution in [2.75, 3.05) is 0 Å². The molecule has 0 amide bonds. The Kier molecular flexibility index (Phi) is 2.82. The molecule has 0 aliphatic rings. The summed E-state index contributed by atoms with van der Waals surface area (Å²) in [5, 5.41) is 14.2. The zero-order chi connectivity index (χ0) is 10.7. The molecule has 80 valence electrons. The first kappa shape index (κ1) is 9.92. The van der Waals surface area contributed by atoms with Crippen molar-refractivity contribution in [3.8, 4) is 0 Å². The van der Waals surface area contributed by atoms with Gasteiger partial charge in [0.05, 0.1) is 11.4 Å². The molecule has 0 aliphatic carbocycles. The SMILES string of the molecule is Cc1n[nH]c(C)c1CNCc1ccon1. The van der Waals surface area contributed by atoms with Crippen LogP contribution < -0.4 is 5.32 Å². The first-order valence-corrected chi connectivity index (χ1v) is 4.88. The second-order valence-corrected chi connectivity index (χ2v) is 3.51. The Labute approximate surface area is 87.9 Å². The fourth-order valence-corrected chi connectivity index (χ4v) is 1.48. The Balaban J connectivity index is 1.89. The normalized spacial score (nSPS) is 10.8. The van der Waals surface area contributed by atoms with Gasteiger partial charge in [0.25, 0.3) is 0 Å². The average Bonchev–Trinajstić information content (AvgIpc) is 2.82. The van der Waals surface area contributed by atoms with Crippen molar-refractivity contribution in [2.24, 2.45) is 0 Å². The average molecular weight is 206 g/mol.